The van der Waals surface area contributed by atoms with Gasteiger partial charge in [-0.05, 0) is 36.9 Å². The normalized spacial score (nSPS) is 11.1. The van der Waals surface area contributed by atoms with Crippen LogP contribution in [0.15, 0.2) is 53.3 Å². The molecule has 2 heterocycles. The number of thiophene rings is 1. The van der Waals surface area contributed by atoms with Crippen LogP contribution in [0.5, 0.6) is 11.5 Å². The van der Waals surface area contributed by atoms with Crippen molar-refractivity contribution in [2.75, 3.05) is 47.4 Å². The van der Waals surface area contributed by atoms with Gasteiger partial charge in [0, 0.05) is 25.5 Å². The lowest BCUT2D eigenvalue weighted by Gasteiger charge is -2.23. The lowest BCUT2D eigenvalue weighted by molar-refractivity contribution is 0.0781. The van der Waals surface area contributed by atoms with Crippen LogP contribution in [-0.2, 0) is 6.54 Å². The second-order valence-corrected chi connectivity index (χ2v) is 9.70. The highest BCUT2D eigenvalue weighted by molar-refractivity contribution is 7.22. The van der Waals surface area contributed by atoms with Crippen LogP contribution in [0.2, 0.25) is 0 Å². The Morgan fingerprint density at radius 1 is 0.973 bits per heavy atom. The maximum Gasteiger partial charge on any atom is 0.267 e. The number of benzene rings is 2. The Balaban J connectivity index is 0.00000380. The van der Waals surface area contributed by atoms with Gasteiger partial charge < -0.3 is 23.8 Å². The molecule has 2 aromatic carbocycles. The fraction of sp³-hybridized carbons (Fsp3) is 0.357. The molecule has 4 aromatic rings. The van der Waals surface area contributed by atoms with Crippen LogP contribution in [0, 0.1) is 0 Å². The largest absolute Gasteiger partial charge is 0.497 e. The van der Waals surface area contributed by atoms with Crippen LogP contribution < -0.4 is 15.0 Å². The zero-order valence-corrected chi connectivity index (χ0v) is 23.6. The van der Waals surface area contributed by atoms with Crippen molar-refractivity contribution in [3.8, 4) is 11.5 Å². The third-order valence-corrected chi connectivity index (χ3v) is 7.85. The van der Waals surface area contributed by atoms with E-state index in [4.69, 9.17) is 9.47 Å². The number of rotatable bonds is 10. The molecule has 0 aliphatic rings. The first-order chi connectivity index (χ1) is 17.4. The molecule has 0 spiro atoms. The van der Waals surface area contributed by atoms with Crippen molar-refractivity contribution in [2.24, 2.45) is 0 Å². The Morgan fingerprint density at radius 2 is 1.65 bits per heavy atom. The van der Waals surface area contributed by atoms with Crippen LogP contribution in [0.1, 0.15) is 29.1 Å². The molecule has 0 radical (unpaired) electrons. The summed E-state index contributed by atoms with van der Waals surface area (Å²) in [6, 6.07) is 15.5. The van der Waals surface area contributed by atoms with Crippen LogP contribution in [0.3, 0.4) is 0 Å². The highest BCUT2D eigenvalue weighted by Crippen LogP contribution is 2.40. The van der Waals surface area contributed by atoms with Gasteiger partial charge in [0.1, 0.15) is 16.0 Å². The number of para-hydroxylation sites is 1. The minimum atomic E-state index is -0.169. The Bertz CT molecular complexity index is 1430. The molecule has 0 N–H and O–H groups in total. The van der Waals surface area contributed by atoms with E-state index in [0.717, 1.165) is 46.6 Å². The van der Waals surface area contributed by atoms with Crippen molar-refractivity contribution in [3.63, 3.8) is 0 Å². The number of fused-ring (bicyclic) bond motifs is 3. The van der Waals surface area contributed by atoms with Gasteiger partial charge >= 0.3 is 0 Å². The summed E-state index contributed by atoms with van der Waals surface area (Å²) in [5.41, 5.74) is 1.63. The second kappa shape index (κ2) is 12.4. The summed E-state index contributed by atoms with van der Waals surface area (Å²) in [6.45, 7) is 7.88. The molecule has 9 heteroatoms. The third kappa shape index (κ3) is 5.61. The number of hydrogen-bond acceptors (Lipinski definition) is 6. The van der Waals surface area contributed by atoms with Crippen LogP contribution in [0.25, 0.3) is 21.0 Å². The first kappa shape index (κ1) is 28.5. The number of methoxy groups -OCH3 is 2. The van der Waals surface area contributed by atoms with E-state index in [1.165, 1.54) is 18.4 Å². The third-order valence-electron chi connectivity index (χ3n) is 6.65. The Morgan fingerprint density at radius 3 is 2.27 bits per heavy atom. The topological polar surface area (TPSA) is 64.0 Å². The molecule has 0 unspecified atom stereocenters. The van der Waals surface area contributed by atoms with E-state index < -0.39 is 0 Å². The van der Waals surface area contributed by atoms with Gasteiger partial charge in [-0.2, -0.15) is 0 Å². The number of amides is 1. The minimum Gasteiger partial charge on any atom is -0.497 e. The van der Waals surface area contributed by atoms with Gasteiger partial charge in [0.15, 0.2) is 5.75 Å². The predicted molar refractivity (Wildman–Crippen MR) is 154 cm³/mol. The summed E-state index contributed by atoms with van der Waals surface area (Å²) >= 11 is 1.33. The molecule has 7 nitrogen and oxygen atoms in total. The van der Waals surface area contributed by atoms with E-state index in [-0.39, 0.29) is 23.9 Å². The monoisotopic (exact) mass is 543 g/mol. The van der Waals surface area contributed by atoms with E-state index in [9.17, 15) is 9.59 Å². The summed E-state index contributed by atoms with van der Waals surface area (Å²) in [4.78, 5) is 31.8. The molecular formula is C28H34ClN3O4S. The van der Waals surface area contributed by atoms with Crippen LogP contribution >= 0.6 is 23.7 Å². The minimum absolute atomic E-state index is 0. The van der Waals surface area contributed by atoms with Gasteiger partial charge in [-0.25, -0.2) is 0 Å². The summed E-state index contributed by atoms with van der Waals surface area (Å²) < 4.78 is 13.5. The molecular weight excluding hydrogens is 510 g/mol. The molecule has 1 amide bonds. The number of hydrogen-bond donors (Lipinski definition) is 0. The lowest BCUT2D eigenvalue weighted by Crippen LogP contribution is -2.36. The first-order valence-corrected chi connectivity index (χ1v) is 13.0. The fourth-order valence-corrected chi connectivity index (χ4v) is 5.75. The highest BCUT2D eigenvalue weighted by atomic mass is 35.5. The second-order valence-electron chi connectivity index (χ2n) is 8.68. The van der Waals surface area contributed by atoms with Crippen molar-refractivity contribution in [1.82, 2.24) is 14.4 Å². The van der Waals surface area contributed by atoms with Crippen LogP contribution in [-0.4, -0.2) is 67.7 Å². The number of nitrogens with zero attached hydrogens (tertiary/aromatic N) is 3. The molecule has 0 aliphatic heterocycles. The van der Waals surface area contributed by atoms with E-state index in [0.29, 0.717) is 29.1 Å². The fourth-order valence-electron chi connectivity index (χ4n) is 4.46. The van der Waals surface area contributed by atoms with Gasteiger partial charge in [0.25, 0.3) is 11.5 Å². The maximum atomic E-state index is 13.9. The van der Waals surface area contributed by atoms with Gasteiger partial charge in [-0.15, -0.1) is 23.7 Å². The van der Waals surface area contributed by atoms with Crippen molar-refractivity contribution in [1.29, 1.82) is 0 Å². The van der Waals surface area contributed by atoms with E-state index in [1.807, 2.05) is 48.5 Å². The average Bonchev–Trinajstić information content (AvgIpc) is 3.31. The van der Waals surface area contributed by atoms with Gasteiger partial charge in [-0.3, -0.25) is 9.59 Å². The zero-order valence-electron chi connectivity index (χ0n) is 21.9. The number of carbonyl (C=O) groups is 1. The smallest absolute Gasteiger partial charge is 0.267 e. The molecule has 198 valence electrons. The number of aromatic nitrogens is 1. The number of ether oxygens (including phenoxy) is 2. The molecule has 37 heavy (non-hydrogen) atoms. The predicted octanol–water partition coefficient (Wildman–Crippen LogP) is 5.12. The van der Waals surface area contributed by atoms with Crippen LogP contribution in [0.4, 0.5) is 0 Å². The highest BCUT2D eigenvalue weighted by Gasteiger charge is 2.26. The molecule has 4 rings (SSSR count). The number of halogens is 1. The summed E-state index contributed by atoms with van der Waals surface area (Å²) in [5, 5.41) is 1.38. The quantitative estimate of drug-likeness (QED) is 0.278. The van der Waals surface area contributed by atoms with E-state index in [2.05, 4.69) is 18.7 Å². The lowest BCUT2D eigenvalue weighted by atomic mass is 10.1. The molecule has 0 saturated heterocycles. The maximum absolute atomic E-state index is 13.9. The molecule has 0 bridgehead atoms. The molecule has 0 atom stereocenters. The number of carbonyl (C=O) groups excluding carboxylic acids is 1. The van der Waals surface area contributed by atoms with Crippen molar-refractivity contribution in [2.45, 2.75) is 20.4 Å². The van der Waals surface area contributed by atoms with Gasteiger partial charge in [-0.1, -0.05) is 44.2 Å². The molecule has 0 saturated carbocycles. The van der Waals surface area contributed by atoms with Crippen molar-refractivity contribution >= 4 is 50.6 Å². The molecule has 0 aliphatic carbocycles. The van der Waals surface area contributed by atoms with E-state index >= 15 is 0 Å². The summed E-state index contributed by atoms with van der Waals surface area (Å²) in [6.07, 6.45) is 0. The average molecular weight is 544 g/mol. The van der Waals surface area contributed by atoms with Gasteiger partial charge in [0.2, 0.25) is 0 Å². The Hall–Kier alpha value is -3.07. The van der Waals surface area contributed by atoms with Gasteiger partial charge in [0.05, 0.1) is 31.0 Å². The summed E-state index contributed by atoms with van der Waals surface area (Å²) in [5.74, 6) is 0.985. The SMILES string of the molecule is CCN(CC)CCN(C)C(=O)c1sc2c(c1OC)c(=O)n(Cc1ccc(OC)cc1)c1ccccc21.Cl. The zero-order chi connectivity index (χ0) is 25.8. The van der Waals surface area contributed by atoms with Crippen molar-refractivity contribution < 1.29 is 14.3 Å². The molecule has 2 aromatic heterocycles. The number of likely N-dealkylation sites (N-methyl/N-ethyl adjacent to an activating group) is 2. The Labute approximate surface area is 227 Å². The molecule has 0 fully saturated rings. The Kier molecular flexibility index (Phi) is 9.59. The van der Waals surface area contributed by atoms with E-state index in [1.54, 1.807) is 23.6 Å². The standard InChI is InChI=1S/C28H33N3O4S.ClH/c1-6-30(7-2)17-16-29(3)28(33)26-24(35-5)23-25(36-26)21-10-8-9-11-22(21)31(27(23)32)18-19-12-14-20(34-4)15-13-19;/h8-15H,6-7,16-18H2,1-5H3;1H. The number of pyridine rings is 1. The first-order valence-electron chi connectivity index (χ1n) is 12.2. The van der Waals surface area contributed by atoms with Crippen molar-refractivity contribution in [3.05, 3.63) is 69.3 Å². The summed E-state index contributed by atoms with van der Waals surface area (Å²) in [7, 11) is 4.95.